The summed E-state index contributed by atoms with van der Waals surface area (Å²) in [6.07, 6.45) is 5.97. The monoisotopic (exact) mass is 349 g/mol. The Morgan fingerprint density at radius 2 is 2.19 bits per heavy atom. The molecule has 0 bridgehead atoms. The van der Waals surface area contributed by atoms with E-state index in [0.717, 1.165) is 35.5 Å². The molecule has 1 amide bonds. The predicted molar refractivity (Wildman–Crippen MR) is 100 cm³/mol. The predicted octanol–water partition coefficient (Wildman–Crippen LogP) is 2.94. The lowest BCUT2D eigenvalue weighted by Gasteiger charge is -2.14. The number of ether oxygens (including phenoxy) is 1. The van der Waals surface area contributed by atoms with E-state index in [0.29, 0.717) is 25.5 Å². The van der Waals surface area contributed by atoms with Crippen molar-refractivity contribution in [1.29, 1.82) is 0 Å². The molecule has 4 rings (SSSR count). The molecule has 26 heavy (non-hydrogen) atoms. The number of rotatable bonds is 4. The number of nitrogens with zero attached hydrogens (tertiary/aromatic N) is 2. The van der Waals surface area contributed by atoms with Crippen molar-refractivity contribution in [2.45, 2.75) is 26.2 Å². The second-order valence-corrected chi connectivity index (χ2v) is 6.93. The molecule has 0 spiro atoms. The molecule has 1 aromatic carbocycles. The number of aryl methyl sites for hydroxylation is 1. The highest BCUT2D eigenvalue weighted by Crippen LogP contribution is 2.26. The Kier molecular flexibility index (Phi) is 4.61. The van der Waals surface area contributed by atoms with Crippen LogP contribution in [-0.2, 0) is 17.6 Å². The zero-order valence-corrected chi connectivity index (χ0v) is 14.9. The van der Waals surface area contributed by atoms with Gasteiger partial charge in [-0.25, -0.2) is 4.98 Å². The lowest BCUT2D eigenvalue weighted by atomic mass is 9.97. The van der Waals surface area contributed by atoms with Crippen molar-refractivity contribution in [2.75, 3.05) is 13.2 Å². The highest BCUT2D eigenvalue weighted by Gasteiger charge is 2.18. The fourth-order valence-electron chi connectivity index (χ4n) is 3.55. The first-order valence-corrected chi connectivity index (χ1v) is 9.09. The fraction of sp³-hybridized carbons (Fsp3) is 0.333. The summed E-state index contributed by atoms with van der Waals surface area (Å²) in [5, 5.41) is 3.09. The zero-order valence-electron chi connectivity index (χ0n) is 14.9. The molecule has 0 fully saturated rings. The Labute approximate surface area is 153 Å². The Morgan fingerprint density at radius 3 is 3.12 bits per heavy atom. The molecule has 3 heterocycles. The Hall–Kier alpha value is -2.82. The molecule has 0 saturated carbocycles. The SMILES string of the molecule is Cc1cccn2c(CC(=O)NCC3CCOc4ccccc4C3)cnc12. The molecule has 2 aromatic heterocycles. The van der Waals surface area contributed by atoms with E-state index >= 15 is 0 Å². The third-order valence-corrected chi connectivity index (χ3v) is 5.00. The molecular formula is C21H23N3O2. The second-order valence-electron chi connectivity index (χ2n) is 6.93. The molecule has 1 aliphatic heterocycles. The molecular weight excluding hydrogens is 326 g/mol. The Balaban J connectivity index is 1.37. The number of fused-ring (bicyclic) bond motifs is 2. The number of pyridine rings is 1. The summed E-state index contributed by atoms with van der Waals surface area (Å²) in [7, 11) is 0. The lowest BCUT2D eigenvalue weighted by molar-refractivity contribution is -0.120. The van der Waals surface area contributed by atoms with Gasteiger partial charge in [0.05, 0.1) is 18.7 Å². The van der Waals surface area contributed by atoms with Gasteiger partial charge in [-0.1, -0.05) is 24.3 Å². The highest BCUT2D eigenvalue weighted by atomic mass is 16.5. The topological polar surface area (TPSA) is 55.6 Å². The van der Waals surface area contributed by atoms with Gasteiger partial charge in [0.2, 0.25) is 5.91 Å². The van der Waals surface area contributed by atoms with Crippen LogP contribution in [0, 0.1) is 12.8 Å². The summed E-state index contributed by atoms with van der Waals surface area (Å²) in [4.78, 5) is 16.9. The van der Waals surface area contributed by atoms with Gasteiger partial charge in [-0.15, -0.1) is 0 Å². The summed E-state index contributed by atoms with van der Waals surface area (Å²) >= 11 is 0. The Bertz CT molecular complexity index is 932. The molecule has 0 saturated heterocycles. The number of carbonyl (C=O) groups excluding carboxylic acids is 1. The minimum absolute atomic E-state index is 0.0340. The third kappa shape index (κ3) is 3.43. The smallest absolute Gasteiger partial charge is 0.226 e. The van der Waals surface area contributed by atoms with Crippen molar-refractivity contribution in [3.8, 4) is 5.75 Å². The molecule has 1 aliphatic rings. The standard InChI is InChI=1S/C21H23N3O2/c1-15-5-4-9-24-18(14-23-21(15)24)12-20(25)22-13-16-8-10-26-19-7-3-2-6-17(19)11-16/h2-7,9,14,16H,8,10-13H2,1H3,(H,22,25). The molecule has 3 aromatic rings. The van der Waals surface area contributed by atoms with Crippen molar-refractivity contribution in [2.24, 2.45) is 5.92 Å². The van der Waals surface area contributed by atoms with E-state index in [-0.39, 0.29) is 5.91 Å². The summed E-state index contributed by atoms with van der Waals surface area (Å²) in [5.74, 6) is 1.40. The van der Waals surface area contributed by atoms with Crippen LogP contribution >= 0.6 is 0 Å². The summed E-state index contributed by atoms with van der Waals surface area (Å²) in [6.45, 7) is 3.40. The number of para-hydroxylation sites is 1. The first-order chi connectivity index (χ1) is 12.7. The van der Waals surface area contributed by atoms with Crippen LogP contribution in [0.15, 0.2) is 48.8 Å². The van der Waals surface area contributed by atoms with E-state index in [2.05, 4.69) is 16.4 Å². The van der Waals surface area contributed by atoms with E-state index in [4.69, 9.17) is 4.74 Å². The molecule has 1 unspecified atom stereocenters. The van der Waals surface area contributed by atoms with Gasteiger partial charge in [0, 0.05) is 18.9 Å². The van der Waals surface area contributed by atoms with E-state index in [9.17, 15) is 4.79 Å². The van der Waals surface area contributed by atoms with Crippen LogP contribution in [0.1, 0.15) is 23.2 Å². The molecule has 0 aliphatic carbocycles. The maximum Gasteiger partial charge on any atom is 0.226 e. The van der Waals surface area contributed by atoms with E-state index in [1.807, 2.05) is 47.9 Å². The van der Waals surface area contributed by atoms with Gasteiger partial charge < -0.3 is 14.5 Å². The number of amides is 1. The van der Waals surface area contributed by atoms with Crippen LogP contribution in [0.5, 0.6) is 5.75 Å². The zero-order chi connectivity index (χ0) is 17.9. The molecule has 5 heteroatoms. The molecule has 134 valence electrons. The van der Waals surface area contributed by atoms with Crippen LogP contribution in [-0.4, -0.2) is 28.4 Å². The van der Waals surface area contributed by atoms with E-state index in [1.54, 1.807) is 6.20 Å². The van der Waals surface area contributed by atoms with E-state index < -0.39 is 0 Å². The van der Waals surface area contributed by atoms with Gasteiger partial charge in [0.15, 0.2) is 0 Å². The summed E-state index contributed by atoms with van der Waals surface area (Å²) in [6, 6.07) is 12.2. The van der Waals surface area contributed by atoms with Crippen molar-refractivity contribution in [3.05, 3.63) is 65.6 Å². The number of hydrogen-bond acceptors (Lipinski definition) is 3. The number of carbonyl (C=O) groups is 1. The normalized spacial score (nSPS) is 16.6. The first kappa shape index (κ1) is 16.6. The number of nitrogens with one attached hydrogen (secondary N) is 1. The Morgan fingerprint density at radius 1 is 1.31 bits per heavy atom. The lowest BCUT2D eigenvalue weighted by Crippen LogP contribution is -2.31. The maximum atomic E-state index is 12.4. The largest absolute Gasteiger partial charge is 0.493 e. The maximum absolute atomic E-state index is 12.4. The number of aromatic nitrogens is 2. The number of hydrogen-bond donors (Lipinski definition) is 1. The molecule has 5 nitrogen and oxygen atoms in total. The minimum Gasteiger partial charge on any atom is -0.493 e. The van der Waals surface area contributed by atoms with Gasteiger partial charge in [-0.2, -0.15) is 0 Å². The third-order valence-electron chi connectivity index (χ3n) is 5.00. The highest BCUT2D eigenvalue weighted by molar-refractivity contribution is 5.78. The van der Waals surface area contributed by atoms with Gasteiger partial charge >= 0.3 is 0 Å². The van der Waals surface area contributed by atoms with Crippen molar-refractivity contribution >= 4 is 11.6 Å². The van der Waals surface area contributed by atoms with Gasteiger partial charge in [0.1, 0.15) is 11.4 Å². The minimum atomic E-state index is 0.0340. The van der Waals surface area contributed by atoms with Gasteiger partial charge in [-0.05, 0) is 48.9 Å². The van der Waals surface area contributed by atoms with Crippen molar-refractivity contribution in [3.63, 3.8) is 0 Å². The number of benzene rings is 1. The van der Waals surface area contributed by atoms with Crippen LogP contribution < -0.4 is 10.1 Å². The van der Waals surface area contributed by atoms with Crippen LogP contribution in [0.4, 0.5) is 0 Å². The van der Waals surface area contributed by atoms with Crippen molar-refractivity contribution < 1.29 is 9.53 Å². The fourth-order valence-corrected chi connectivity index (χ4v) is 3.55. The number of imidazole rings is 1. The molecule has 1 atom stereocenters. The summed E-state index contributed by atoms with van der Waals surface area (Å²) < 4.78 is 7.80. The quantitative estimate of drug-likeness (QED) is 0.788. The molecule has 1 N–H and O–H groups in total. The molecule has 0 radical (unpaired) electrons. The summed E-state index contributed by atoms with van der Waals surface area (Å²) in [5.41, 5.74) is 4.15. The average molecular weight is 349 g/mol. The van der Waals surface area contributed by atoms with Crippen LogP contribution in [0.3, 0.4) is 0 Å². The average Bonchev–Trinajstić information content (AvgIpc) is 2.93. The van der Waals surface area contributed by atoms with Crippen LogP contribution in [0.25, 0.3) is 5.65 Å². The second kappa shape index (κ2) is 7.20. The van der Waals surface area contributed by atoms with Gasteiger partial charge in [-0.3, -0.25) is 4.79 Å². The van der Waals surface area contributed by atoms with Crippen molar-refractivity contribution in [1.82, 2.24) is 14.7 Å². The van der Waals surface area contributed by atoms with Crippen LogP contribution in [0.2, 0.25) is 0 Å². The van der Waals surface area contributed by atoms with E-state index in [1.165, 1.54) is 5.56 Å². The first-order valence-electron chi connectivity index (χ1n) is 9.09. The van der Waals surface area contributed by atoms with Gasteiger partial charge in [0.25, 0.3) is 0 Å².